The molecule has 0 saturated carbocycles. The number of hydrogen-bond acceptors (Lipinski definition) is 3. The molecule has 2 heterocycles. The van der Waals surface area contributed by atoms with Gasteiger partial charge in [-0.15, -0.1) is 0 Å². The summed E-state index contributed by atoms with van der Waals surface area (Å²) in [6.07, 6.45) is 4.57. The first-order chi connectivity index (χ1) is 9.27. The third-order valence-electron chi connectivity index (χ3n) is 3.80. The number of halogens is 1. The number of rotatable bonds is 2. The van der Waals surface area contributed by atoms with Crippen LogP contribution in [0.1, 0.15) is 30.9 Å². The molecule has 1 fully saturated rings. The monoisotopic (exact) mass is 276 g/mol. The Morgan fingerprint density at radius 3 is 3.00 bits per heavy atom. The van der Waals surface area contributed by atoms with Crippen LogP contribution in [0.5, 0.6) is 0 Å². The summed E-state index contributed by atoms with van der Waals surface area (Å²) in [5.41, 5.74) is 1.67. The predicted octanol–water partition coefficient (Wildman–Crippen LogP) is 3.06. The summed E-state index contributed by atoms with van der Waals surface area (Å²) in [5.74, 6) is 0. The Bertz CT molecular complexity index is 581. The smallest absolute Gasteiger partial charge is 0.0950 e. The van der Waals surface area contributed by atoms with E-state index in [0.717, 1.165) is 29.4 Å². The van der Waals surface area contributed by atoms with Crippen LogP contribution in [0.15, 0.2) is 30.5 Å². The number of aromatic nitrogens is 1. The number of pyridine rings is 1. The van der Waals surface area contributed by atoms with Crippen molar-refractivity contribution in [3.8, 4) is 0 Å². The van der Waals surface area contributed by atoms with Gasteiger partial charge in [0.25, 0.3) is 0 Å². The Hall–Kier alpha value is -1.16. The van der Waals surface area contributed by atoms with Crippen molar-refractivity contribution >= 4 is 22.5 Å². The maximum absolute atomic E-state index is 10.6. The molecule has 100 valence electrons. The van der Waals surface area contributed by atoms with Gasteiger partial charge in [0.15, 0.2) is 0 Å². The number of nitrogens with zero attached hydrogens (tertiary/aromatic N) is 1. The molecule has 4 heteroatoms. The third kappa shape index (κ3) is 2.46. The molecule has 1 aromatic heterocycles. The van der Waals surface area contributed by atoms with E-state index >= 15 is 0 Å². The van der Waals surface area contributed by atoms with Crippen molar-refractivity contribution in [3.63, 3.8) is 0 Å². The summed E-state index contributed by atoms with van der Waals surface area (Å²) in [6, 6.07) is 7.70. The summed E-state index contributed by atoms with van der Waals surface area (Å²) >= 11 is 6.16. The number of para-hydroxylation sites is 1. The second-order valence-electron chi connectivity index (χ2n) is 5.04. The van der Waals surface area contributed by atoms with E-state index in [1.165, 1.54) is 12.8 Å². The molecule has 2 atom stereocenters. The van der Waals surface area contributed by atoms with Crippen molar-refractivity contribution in [3.05, 3.63) is 41.0 Å². The second-order valence-corrected chi connectivity index (χ2v) is 5.44. The van der Waals surface area contributed by atoms with E-state index in [4.69, 9.17) is 11.6 Å². The van der Waals surface area contributed by atoms with Gasteiger partial charge in [-0.25, -0.2) is 0 Å². The van der Waals surface area contributed by atoms with E-state index in [0.29, 0.717) is 5.02 Å². The van der Waals surface area contributed by atoms with E-state index in [1.54, 1.807) is 6.20 Å². The molecule has 0 bridgehead atoms. The van der Waals surface area contributed by atoms with Crippen LogP contribution in [0.3, 0.4) is 0 Å². The number of hydrogen-bond donors (Lipinski definition) is 2. The van der Waals surface area contributed by atoms with E-state index in [-0.39, 0.29) is 6.04 Å². The largest absolute Gasteiger partial charge is 0.387 e. The number of fused-ring (bicyclic) bond motifs is 1. The van der Waals surface area contributed by atoms with Gasteiger partial charge < -0.3 is 10.4 Å². The normalized spacial score (nSPS) is 21.5. The van der Waals surface area contributed by atoms with Gasteiger partial charge in [0.05, 0.1) is 16.6 Å². The lowest BCUT2D eigenvalue weighted by molar-refractivity contribution is 0.115. The zero-order valence-electron chi connectivity index (χ0n) is 10.6. The highest BCUT2D eigenvalue weighted by atomic mass is 35.5. The summed E-state index contributed by atoms with van der Waals surface area (Å²) in [7, 11) is 0. The quantitative estimate of drug-likeness (QED) is 0.886. The minimum atomic E-state index is -0.510. The highest BCUT2D eigenvalue weighted by Gasteiger charge is 2.24. The van der Waals surface area contributed by atoms with Crippen molar-refractivity contribution in [2.75, 3.05) is 6.54 Å². The minimum Gasteiger partial charge on any atom is -0.387 e. The van der Waals surface area contributed by atoms with Crippen LogP contribution in [-0.2, 0) is 0 Å². The molecular weight excluding hydrogens is 260 g/mol. The summed E-state index contributed by atoms with van der Waals surface area (Å²) in [6.45, 7) is 0.978. The number of nitrogens with one attached hydrogen (secondary N) is 1. The first-order valence-corrected chi connectivity index (χ1v) is 7.10. The Balaban J connectivity index is 2.02. The van der Waals surface area contributed by atoms with Gasteiger partial charge in [-0.1, -0.05) is 30.2 Å². The van der Waals surface area contributed by atoms with Gasteiger partial charge in [0.2, 0.25) is 0 Å². The van der Waals surface area contributed by atoms with Gasteiger partial charge in [-0.05, 0) is 37.1 Å². The summed E-state index contributed by atoms with van der Waals surface area (Å²) < 4.78 is 0. The predicted molar refractivity (Wildman–Crippen MR) is 77.4 cm³/mol. The van der Waals surface area contributed by atoms with E-state index in [2.05, 4.69) is 10.3 Å². The van der Waals surface area contributed by atoms with E-state index in [1.807, 2.05) is 24.3 Å². The van der Waals surface area contributed by atoms with Crippen LogP contribution >= 0.6 is 11.6 Å². The molecule has 0 radical (unpaired) electrons. The molecule has 1 aliphatic rings. The lowest BCUT2D eigenvalue weighted by atomic mass is 9.93. The lowest BCUT2D eigenvalue weighted by Crippen LogP contribution is -2.38. The maximum Gasteiger partial charge on any atom is 0.0950 e. The van der Waals surface area contributed by atoms with Crippen molar-refractivity contribution in [1.82, 2.24) is 10.3 Å². The molecule has 0 aliphatic carbocycles. The fourth-order valence-electron chi connectivity index (χ4n) is 2.78. The number of piperidine rings is 1. The fourth-order valence-corrected chi connectivity index (χ4v) is 3.01. The number of benzene rings is 1. The van der Waals surface area contributed by atoms with Crippen molar-refractivity contribution < 1.29 is 5.11 Å². The van der Waals surface area contributed by atoms with Crippen LogP contribution in [0, 0.1) is 0 Å². The lowest BCUT2D eigenvalue weighted by Gasteiger charge is -2.28. The molecule has 2 unspecified atom stereocenters. The Morgan fingerprint density at radius 2 is 2.21 bits per heavy atom. The van der Waals surface area contributed by atoms with Crippen LogP contribution in [-0.4, -0.2) is 22.7 Å². The van der Waals surface area contributed by atoms with Crippen LogP contribution < -0.4 is 5.32 Å². The summed E-state index contributed by atoms with van der Waals surface area (Å²) in [5, 5.41) is 15.6. The third-order valence-corrected chi connectivity index (χ3v) is 4.11. The average molecular weight is 277 g/mol. The molecule has 1 saturated heterocycles. The molecule has 0 amide bonds. The molecule has 3 rings (SSSR count). The van der Waals surface area contributed by atoms with Crippen molar-refractivity contribution in [1.29, 1.82) is 0 Å². The Labute approximate surface area is 117 Å². The van der Waals surface area contributed by atoms with E-state index in [9.17, 15) is 5.11 Å². The molecule has 1 aliphatic heterocycles. The highest BCUT2D eigenvalue weighted by molar-refractivity contribution is 6.35. The molecule has 2 aromatic rings. The first-order valence-electron chi connectivity index (χ1n) is 6.72. The van der Waals surface area contributed by atoms with E-state index < -0.39 is 6.10 Å². The molecule has 19 heavy (non-hydrogen) atoms. The van der Waals surface area contributed by atoms with Crippen LogP contribution in [0.4, 0.5) is 0 Å². The van der Waals surface area contributed by atoms with Crippen molar-refractivity contribution in [2.45, 2.75) is 31.4 Å². The number of aliphatic hydroxyl groups is 1. The molecular formula is C15H17ClN2O. The zero-order valence-corrected chi connectivity index (χ0v) is 11.4. The van der Waals surface area contributed by atoms with Crippen molar-refractivity contribution in [2.24, 2.45) is 0 Å². The average Bonchev–Trinajstić information content (AvgIpc) is 2.47. The van der Waals surface area contributed by atoms with Gasteiger partial charge in [-0.2, -0.15) is 0 Å². The number of aliphatic hydroxyl groups excluding tert-OH is 1. The zero-order chi connectivity index (χ0) is 13.2. The van der Waals surface area contributed by atoms with Gasteiger partial charge in [-0.3, -0.25) is 4.98 Å². The van der Waals surface area contributed by atoms with Crippen LogP contribution in [0.25, 0.3) is 10.9 Å². The Morgan fingerprint density at radius 1 is 1.32 bits per heavy atom. The van der Waals surface area contributed by atoms with Gasteiger partial charge in [0.1, 0.15) is 0 Å². The molecule has 3 nitrogen and oxygen atoms in total. The topological polar surface area (TPSA) is 45.2 Å². The Kier molecular flexibility index (Phi) is 3.69. The van der Waals surface area contributed by atoms with Crippen LogP contribution in [0.2, 0.25) is 5.02 Å². The molecule has 0 spiro atoms. The SMILES string of the molecule is OC(c1ccnc2c(Cl)cccc12)C1CCCCN1. The first kappa shape index (κ1) is 12.9. The summed E-state index contributed by atoms with van der Waals surface area (Å²) in [4.78, 5) is 4.31. The molecule has 1 aromatic carbocycles. The van der Waals surface area contributed by atoms with Gasteiger partial charge in [0, 0.05) is 17.6 Å². The maximum atomic E-state index is 10.6. The molecule has 2 N–H and O–H groups in total. The minimum absolute atomic E-state index is 0.123. The fraction of sp³-hybridized carbons (Fsp3) is 0.400. The second kappa shape index (κ2) is 5.45. The standard InChI is InChI=1S/C15H17ClN2O/c16-12-5-3-4-10-11(7-9-18-14(10)12)15(19)13-6-1-2-8-17-13/h3-5,7,9,13,15,17,19H,1-2,6,8H2. The highest BCUT2D eigenvalue weighted by Crippen LogP contribution is 2.30. The van der Waals surface area contributed by atoms with Gasteiger partial charge >= 0.3 is 0 Å².